The average molecular weight is 596 g/mol. The summed E-state index contributed by atoms with van der Waals surface area (Å²) < 4.78 is 20.1. The molecule has 3 aromatic rings. The summed E-state index contributed by atoms with van der Waals surface area (Å²) in [5.41, 5.74) is 9.46. The highest BCUT2D eigenvalue weighted by Gasteiger charge is 2.24. The van der Waals surface area contributed by atoms with Crippen LogP contribution in [0, 0.1) is 5.82 Å². The molecule has 1 amide bonds. The maximum Gasteiger partial charge on any atom is 0.257 e. The van der Waals surface area contributed by atoms with E-state index in [-0.39, 0.29) is 41.8 Å². The van der Waals surface area contributed by atoms with Crippen LogP contribution in [0.3, 0.4) is 0 Å². The molecule has 5 rings (SSSR count). The third kappa shape index (κ3) is 8.74. The number of benzene rings is 2. The van der Waals surface area contributed by atoms with E-state index in [9.17, 15) is 9.18 Å². The zero-order valence-corrected chi connectivity index (χ0v) is 25.3. The van der Waals surface area contributed by atoms with Gasteiger partial charge >= 0.3 is 0 Å². The van der Waals surface area contributed by atoms with Crippen LogP contribution in [-0.2, 0) is 6.42 Å². The van der Waals surface area contributed by atoms with Crippen LogP contribution in [0.5, 0.6) is 11.6 Å². The molecule has 1 aromatic heterocycles. The summed E-state index contributed by atoms with van der Waals surface area (Å²) in [4.78, 5) is 19.7. The number of ether oxygens (including phenoxy) is 1. The minimum Gasteiger partial charge on any atom is -0.438 e. The van der Waals surface area contributed by atoms with Gasteiger partial charge in [0.05, 0.1) is 6.20 Å². The smallest absolute Gasteiger partial charge is 0.257 e. The van der Waals surface area contributed by atoms with Crippen LogP contribution in [0.2, 0.25) is 0 Å². The fraction of sp³-hybridized carbons (Fsp3) is 0.455. The van der Waals surface area contributed by atoms with E-state index in [0.717, 1.165) is 75.5 Å². The van der Waals surface area contributed by atoms with Gasteiger partial charge in [-0.1, -0.05) is 36.4 Å². The Bertz CT molecular complexity index is 1310. The summed E-state index contributed by atoms with van der Waals surface area (Å²) in [6, 6.07) is 18.8. The molecule has 0 radical (unpaired) electrons. The normalized spacial score (nSPS) is 22.7. The molecular weight excluding hydrogens is 553 g/mol. The second-order valence-corrected chi connectivity index (χ2v) is 11.8. The lowest BCUT2D eigenvalue weighted by Crippen LogP contribution is -2.54. The molecule has 2 fully saturated rings. The molecule has 0 bridgehead atoms. The molecule has 1 saturated carbocycles. The van der Waals surface area contributed by atoms with Crippen LogP contribution in [-0.4, -0.2) is 59.6 Å². The van der Waals surface area contributed by atoms with Crippen LogP contribution < -0.4 is 21.1 Å². The van der Waals surface area contributed by atoms with Crippen molar-refractivity contribution >= 4 is 18.3 Å². The third-order valence-electron chi connectivity index (χ3n) is 8.08. The first-order valence-corrected chi connectivity index (χ1v) is 14.9. The highest BCUT2D eigenvalue weighted by atomic mass is 35.5. The number of rotatable bonds is 9. The highest BCUT2D eigenvalue weighted by Crippen LogP contribution is 2.29. The number of nitrogens with zero attached hydrogens (tertiary/aromatic N) is 2. The quantitative estimate of drug-likeness (QED) is 0.293. The molecule has 42 heavy (non-hydrogen) atoms. The van der Waals surface area contributed by atoms with Gasteiger partial charge in [0.1, 0.15) is 17.1 Å². The Morgan fingerprint density at radius 1 is 1.05 bits per heavy atom. The van der Waals surface area contributed by atoms with Gasteiger partial charge in [-0.15, -0.1) is 12.4 Å². The fourth-order valence-electron chi connectivity index (χ4n) is 6.04. The van der Waals surface area contributed by atoms with Gasteiger partial charge in [0.25, 0.3) is 5.91 Å². The van der Waals surface area contributed by atoms with Gasteiger partial charge in [-0.25, -0.2) is 9.37 Å². The summed E-state index contributed by atoms with van der Waals surface area (Å²) >= 11 is 0. The summed E-state index contributed by atoms with van der Waals surface area (Å²) in [6.45, 7) is 7.84. The van der Waals surface area contributed by atoms with Gasteiger partial charge in [0, 0.05) is 37.3 Å². The lowest BCUT2D eigenvalue weighted by molar-refractivity contribution is 0.0922. The number of halogens is 2. The van der Waals surface area contributed by atoms with E-state index in [1.165, 1.54) is 11.6 Å². The number of carbonyl (C=O) groups is 1. The Hall–Kier alpha value is -3.04. The van der Waals surface area contributed by atoms with Gasteiger partial charge in [-0.05, 0) is 93.8 Å². The Labute approximate surface area is 254 Å². The molecule has 7 nitrogen and oxygen atoms in total. The van der Waals surface area contributed by atoms with Crippen molar-refractivity contribution in [2.24, 2.45) is 5.73 Å². The predicted octanol–water partition coefficient (Wildman–Crippen LogP) is 5.72. The van der Waals surface area contributed by atoms with Crippen molar-refractivity contribution in [2.45, 2.75) is 76.5 Å². The second-order valence-electron chi connectivity index (χ2n) is 11.8. The van der Waals surface area contributed by atoms with E-state index in [2.05, 4.69) is 58.6 Å². The first kappa shape index (κ1) is 31.9. The summed E-state index contributed by atoms with van der Waals surface area (Å²) in [6.07, 6.45) is 6.58. The standard InChI is InChI=1S/C33H42FN5O2.ClH/c1-22-20-39(21-23(2)37-22)16-4-5-24-8-10-25(11-9-24)26-6-3-7-30(17-26)41-33-31(18-27(34)19-36-33)32(40)38-29-14-12-28(35)13-15-29;/h3,6-11,17-19,22-23,28-29,37H,4-5,12-16,20-21,35H2,1-2H3,(H,38,40);1H/t22-,23+,28-,29-;. The Kier molecular flexibility index (Phi) is 11.3. The third-order valence-corrected chi connectivity index (χ3v) is 8.08. The molecule has 2 aromatic carbocycles. The molecule has 2 aliphatic rings. The highest BCUT2D eigenvalue weighted by molar-refractivity contribution is 5.96. The van der Waals surface area contributed by atoms with Crippen molar-refractivity contribution in [3.05, 3.63) is 77.7 Å². The van der Waals surface area contributed by atoms with Crippen molar-refractivity contribution in [2.75, 3.05) is 19.6 Å². The van der Waals surface area contributed by atoms with E-state index in [1.54, 1.807) is 0 Å². The maximum absolute atomic E-state index is 14.1. The van der Waals surface area contributed by atoms with Gasteiger partial charge < -0.3 is 26.0 Å². The topological polar surface area (TPSA) is 92.5 Å². The van der Waals surface area contributed by atoms with E-state index >= 15 is 0 Å². The van der Waals surface area contributed by atoms with Gasteiger partial charge in [0.15, 0.2) is 0 Å². The first-order chi connectivity index (χ1) is 19.8. The second kappa shape index (κ2) is 14.9. The number of aryl methyl sites for hydroxylation is 1. The number of nitrogens with two attached hydrogens (primary N) is 1. The van der Waals surface area contributed by atoms with Crippen LogP contribution in [0.15, 0.2) is 60.8 Å². The monoisotopic (exact) mass is 595 g/mol. The Morgan fingerprint density at radius 2 is 1.76 bits per heavy atom. The number of nitrogens with one attached hydrogen (secondary N) is 2. The molecule has 1 aliphatic heterocycles. The molecule has 1 aliphatic carbocycles. The van der Waals surface area contributed by atoms with E-state index in [0.29, 0.717) is 17.8 Å². The summed E-state index contributed by atoms with van der Waals surface area (Å²) in [5.74, 6) is -0.362. The van der Waals surface area contributed by atoms with Crippen molar-refractivity contribution in [1.82, 2.24) is 20.5 Å². The molecule has 0 unspecified atom stereocenters. The van der Waals surface area contributed by atoms with Crippen molar-refractivity contribution in [3.8, 4) is 22.8 Å². The SMILES string of the molecule is C[C@@H]1CN(CCCc2ccc(-c3cccc(Oc4ncc(F)cc4C(=O)N[C@H]4CC[C@H](N)CC4)c3)cc2)C[C@H](C)N1.Cl. The Balaban J connectivity index is 0.00000405. The van der Waals surface area contributed by atoms with E-state index in [4.69, 9.17) is 10.5 Å². The predicted molar refractivity (Wildman–Crippen MR) is 168 cm³/mol. The molecular formula is C33H43ClFN5O2. The fourth-order valence-corrected chi connectivity index (χ4v) is 6.04. The minimum atomic E-state index is -0.584. The molecule has 2 heterocycles. The molecule has 4 N–H and O–H groups in total. The van der Waals surface area contributed by atoms with Gasteiger partial charge in [-0.3, -0.25) is 4.79 Å². The average Bonchev–Trinajstić information content (AvgIpc) is 2.95. The largest absolute Gasteiger partial charge is 0.438 e. The number of aromatic nitrogens is 1. The zero-order valence-electron chi connectivity index (χ0n) is 24.5. The number of amides is 1. The summed E-state index contributed by atoms with van der Waals surface area (Å²) in [5, 5.41) is 6.59. The van der Waals surface area contributed by atoms with Crippen molar-refractivity contribution < 1.29 is 13.9 Å². The van der Waals surface area contributed by atoms with Crippen molar-refractivity contribution in [1.29, 1.82) is 0 Å². The van der Waals surface area contributed by atoms with Crippen LogP contribution >= 0.6 is 12.4 Å². The zero-order chi connectivity index (χ0) is 28.8. The molecule has 9 heteroatoms. The van der Waals surface area contributed by atoms with E-state index in [1.807, 2.05) is 24.3 Å². The lowest BCUT2D eigenvalue weighted by Gasteiger charge is -2.36. The van der Waals surface area contributed by atoms with Gasteiger partial charge in [0.2, 0.25) is 5.88 Å². The molecule has 1 saturated heterocycles. The number of hydrogen-bond donors (Lipinski definition) is 3. The van der Waals surface area contributed by atoms with Gasteiger partial charge in [-0.2, -0.15) is 0 Å². The van der Waals surface area contributed by atoms with Crippen molar-refractivity contribution in [3.63, 3.8) is 0 Å². The molecule has 226 valence electrons. The minimum absolute atomic E-state index is 0. The van der Waals surface area contributed by atoms with Crippen LogP contribution in [0.25, 0.3) is 11.1 Å². The molecule has 2 atom stereocenters. The number of carbonyl (C=O) groups excluding carboxylic acids is 1. The number of piperazine rings is 1. The summed E-state index contributed by atoms with van der Waals surface area (Å²) in [7, 11) is 0. The van der Waals surface area contributed by atoms with E-state index < -0.39 is 5.82 Å². The maximum atomic E-state index is 14.1. The van der Waals surface area contributed by atoms with Crippen LogP contribution in [0.4, 0.5) is 4.39 Å². The number of hydrogen-bond acceptors (Lipinski definition) is 6. The first-order valence-electron chi connectivity index (χ1n) is 14.9. The Morgan fingerprint density at radius 3 is 2.48 bits per heavy atom. The number of pyridine rings is 1. The molecule has 0 spiro atoms. The lowest BCUT2D eigenvalue weighted by atomic mass is 9.91. The van der Waals surface area contributed by atoms with Crippen LogP contribution in [0.1, 0.15) is 61.9 Å².